The first-order valence-corrected chi connectivity index (χ1v) is 8.59. The van der Waals surface area contributed by atoms with E-state index in [1.807, 2.05) is 4.68 Å². The van der Waals surface area contributed by atoms with Crippen LogP contribution in [0.15, 0.2) is 24.3 Å². The van der Waals surface area contributed by atoms with Gasteiger partial charge in [-0.1, -0.05) is 42.5 Å². The molecule has 2 aromatic rings. The first-order chi connectivity index (χ1) is 10.3. The molecular weight excluding hydrogens is 300 g/mol. The van der Waals surface area contributed by atoms with Crippen molar-refractivity contribution in [2.24, 2.45) is 0 Å². The fourth-order valence-corrected chi connectivity index (χ4v) is 3.58. The van der Waals surface area contributed by atoms with Crippen molar-refractivity contribution in [1.82, 2.24) is 14.7 Å². The van der Waals surface area contributed by atoms with E-state index in [4.69, 9.17) is 12.2 Å². The van der Waals surface area contributed by atoms with Gasteiger partial charge >= 0.3 is 0 Å². The van der Waals surface area contributed by atoms with Gasteiger partial charge in [-0.2, -0.15) is 0 Å². The van der Waals surface area contributed by atoms with E-state index in [0.29, 0.717) is 0 Å². The molecule has 0 atom stereocenters. The molecule has 0 saturated heterocycles. The van der Waals surface area contributed by atoms with Crippen molar-refractivity contribution in [2.45, 2.75) is 33.0 Å². The Morgan fingerprint density at radius 2 is 2.14 bits per heavy atom. The zero-order valence-corrected chi connectivity index (χ0v) is 13.8. The highest BCUT2D eigenvalue weighted by atomic mass is 32.1. The molecule has 21 heavy (non-hydrogen) atoms. The van der Waals surface area contributed by atoms with Crippen molar-refractivity contribution < 1.29 is 0 Å². The van der Waals surface area contributed by atoms with Crippen LogP contribution < -0.4 is 5.32 Å². The number of hydrogen-bond donors (Lipinski definition) is 1. The van der Waals surface area contributed by atoms with Gasteiger partial charge in [0.05, 0.1) is 6.67 Å². The third-order valence-electron chi connectivity index (χ3n) is 3.68. The fraction of sp³-hybridized carbons (Fsp3) is 0.467. The molecule has 1 aliphatic heterocycles. The van der Waals surface area contributed by atoms with Crippen LogP contribution in [-0.4, -0.2) is 27.8 Å². The number of nitrogens with zero attached hydrogens (tertiary/aromatic N) is 3. The summed E-state index contributed by atoms with van der Waals surface area (Å²) in [4.78, 5) is 2.40. The average molecular weight is 320 g/mol. The van der Waals surface area contributed by atoms with Gasteiger partial charge in [-0.25, -0.2) is 4.68 Å². The second kappa shape index (κ2) is 6.68. The average Bonchev–Trinajstić information content (AvgIpc) is 2.85. The monoisotopic (exact) mass is 320 g/mol. The van der Waals surface area contributed by atoms with Gasteiger partial charge in [0.25, 0.3) is 0 Å². The molecule has 1 aromatic carbocycles. The predicted octanol–water partition coefficient (Wildman–Crippen LogP) is 3.51. The maximum Gasteiger partial charge on any atom is 0.204 e. The summed E-state index contributed by atoms with van der Waals surface area (Å²) in [5.41, 5.74) is 2.90. The highest BCUT2D eigenvalue weighted by Crippen LogP contribution is 2.20. The summed E-state index contributed by atoms with van der Waals surface area (Å²) >= 11 is 6.98. The lowest BCUT2D eigenvalue weighted by atomic mass is 10.0. The van der Waals surface area contributed by atoms with Gasteiger partial charge in [-0.3, -0.25) is 4.90 Å². The molecule has 0 aliphatic carbocycles. The molecule has 0 unspecified atom stereocenters. The maximum atomic E-state index is 5.42. The number of rotatable bonds is 5. The lowest BCUT2D eigenvalue weighted by Crippen LogP contribution is -2.32. The second-order valence-corrected chi connectivity index (χ2v) is 6.93. The molecule has 0 amide bonds. The summed E-state index contributed by atoms with van der Waals surface area (Å²) in [5, 5.41) is 8.82. The largest absolute Gasteiger partial charge is 0.360 e. The van der Waals surface area contributed by atoms with E-state index in [1.165, 1.54) is 11.1 Å². The topological polar surface area (TPSA) is 33.1 Å². The third-order valence-corrected chi connectivity index (χ3v) is 4.94. The molecule has 1 aliphatic rings. The second-order valence-electron chi connectivity index (χ2n) is 5.31. The quantitative estimate of drug-likeness (QED) is 0.855. The Kier molecular flexibility index (Phi) is 4.67. The number of hydrogen-bond acceptors (Lipinski definition) is 5. The molecule has 0 bridgehead atoms. The van der Waals surface area contributed by atoms with Crippen LogP contribution in [0.25, 0.3) is 0 Å². The number of fused-ring (bicyclic) bond motifs is 1. The Morgan fingerprint density at radius 1 is 1.33 bits per heavy atom. The van der Waals surface area contributed by atoms with Crippen LogP contribution in [0.4, 0.5) is 5.13 Å². The highest BCUT2D eigenvalue weighted by Gasteiger charge is 2.16. The molecule has 4 nitrogen and oxygen atoms in total. The summed E-state index contributed by atoms with van der Waals surface area (Å²) < 4.78 is 2.78. The van der Waals surface area contributed by atoms with E-state index in [-0.39, 0.29) is 0 Å². The van der Waals surface area contributed by atoms with Crippen molar-refractivity contribution >= 4 is 28.7 Å². The van der Waals surface area contributed by atoms with Crippen LogP contribution in [0, 0.1) is 3.95 Å². The Bertz CT molecular complexity index is 662. The lowest BCUT2D eigenvalue weighted by molar-refractivity contribution is 0.189. The fourth-order valence-electron chi connectivity index (χ4n) is 2.56. The summed E-state index contributed by atoms with van der Waals surface area (Å²) in [6.07, 6.45) is 2.20. The first kappa shape index (κ1) is 14.7. The molecular formula is C15H20N4S2. The molecule has 1 N–H and O–H groups in total. The minimum absolute atomic E-state index is 0.775. The van der Waals surface area contributed by atoms with E-state index in [2.05, 4.69) is 46.5 Å². The van der Waals surface area contributed by atoms with Crippen LogP contribution in [0.5, 0.6) is 0 Å². The number of nitrogens with one attached hydrogen (secondary N) is 1. The Morgan fingerprint density at radius 3 is 2.95 bits per heavy atom. The molecule has 0 saturated carbocycles. The first-order valence-electron chi connectivity index (χ1n) is 7.37. The smallest absolute Gasteiger partial charge is 0.204 e. The lowest BCUT2D eigenvalue weighted by Gasteiger charge is -2.28. The van der Waals surface area contributed by atoms with E-state index in [9.17, 15) is 0 Å². The van der Waals surface area contributed by atoms with Gasteiger partial charge in [0.15, 0.2) is 3.95 Å². The number of anilines is 1. The van der Waals surface area contributed by atoms with Gasteiger partial charge in [0.1, 0.15) is 0 Å². The molecule has 112 valence electrons. The summed E-state index contributed by atoms with van der Waals surface area (Å²) in [6, 6.07) is 8.68. The van der Waals surface area contributed by atoms with Gasteiger partial charge in [-0.05, 0) is 36.2 Å². The van der Waals surface area contributed by atoms with Crippen molar-refractivity contribution in [1.29, 1.82) is 0 Å². The molecule has 0 spiro atoms. The minimum atomic E-state index is 0.775. The maximum absolute atomic E-state index is 5.42. The van der Waals surface area contributed by atoms with E-state index in [1.54, 1.807) is 11.3 Å². The van der Waals surface area contributed by atoms with Gasteiger partial charge in [-0.15, -0.1) is 5.10 Å². The zero-order chi connectivity index (χ0) is 14.7. The molecule has 6 heteroatoms. The van der Waals surface area contributed by atoms with Crippen LogP contribution in [0.3, 0.4) is 0 Å². The van der Waals surface area contributed by atoms with Gasteiger partial charge < -0.3 is 5.32 Å². The van der Waals surface area contributed by atoms with Crippen LogP contribution in [-0.2, 0) is 19.6 Å². The molecule has 0 radical (unpaired) electrons. The van der Waals surface area contributed by atoms with Gasteiger partial charge in [0, 0.05) is 19.6 Å². The number of benzene rings is 1. The molecule has 3 rings (SSSR count). The molecule has 2 heterocycles. The molecule has 0 fully saturated rings. The van der Waals surface area contributed by atoms with Crippen LogP contribution in [0.2, 0.25) is 0 Å². The Hall–Kier alpha value is -1.24. The normalized spacial score (nSPS) is 14.9. The number of aromatic nitrogens is 2. The Labute approximate surface area is 134 Å². The van der Waals surface area contributed by atoms with Crippen molar-refractivity contribution in [3.63, 3.8) is 0 Å². The highest BCUT2D eigenvalue weighted by molar-refractivity contribution is 7.73. The van der Waals surface area contributed by atoms with Crippen molar-refractivity contribution in [3.05, 3.63) is 39.3 Å². The minimum Gasteiger partial charge on any atom is -0.360 e. The molecule has 1 aromatic heterocycles. The van der Waals surface area contributed by atoms with Crippen LogP contribution in [0.1, 0.15) is 24.5 Å². The van der Waals surface area contributed by atoms with Crippen molar-refractivity contribution in [3.8, 4) is 0 Å². The summed E-state index contributed by atoms with van der Waals surface area (Å²) in [6.45, 7) is 5.91. The SMILES string of the molecule is CCCNc1nn(CN2CCc3ccccc3C2)c(=S)s1. The van der Waals surface area contributed by atoms with Crippen molar-refractivity contribution in [2.75, 3.05) is 18.4 Å². The Balaban J connectivity index is 1.68. The van der Waals surface area contributed by atoms with E-state index in [0.717, 1.165) is 48.2 Å². The summed E-state index contributed by atoms with van der Waals surface area (Å²) in [5.74, 6) is 0. The third kappa shape index (κ3) is 3.51. The standard InChI is InChI=1S/C15H20N4S2/c1-2-8-16-14-17-19(15(20)21-14)11-18-9-7-12-5-3-4-6-13(12)10-18/h3-6H,2,7-11H2,1H3,(H,16,17). The van der Waals surface area contributed by atoms with E-state index < -0.39 is 0 Å². The zero-order valence-electron chi connectivity index (χ0n) is 12.2. The summed E-state index contributed by atoms with van der Waals surface area (Å²) in [7, 11) is 0. The van der Waals surface area contributed by atoms with Crippen LogP contribution >= 0.6 is 23.6 Å². The van der Waals surface area contributed by atoms with Gasteiger partial charge in [0.2, 0.25) is 5.13 Å². The predicted molar refractivity (Wildman–Crippen MR) is 90.3 cm³/mol. The van der Waals surface area contributed by atoms with E-state index >= 15 is 0 Å².